The molecule has 13 rings (SSSR count). The molecule has 0 spiro atoms. The summed E-state index contributed by atoms with van der Waals surface area (Å²) in [5, 5.41) is 8.39. The molecule has 0 N–H and O–H groups in total. The van der Waals surface area contributed by atoms with Gasteiger partial charge in [-0.25, -0.2) is 15.0 Å². The van der Waals surface area contributed by atoms with Crippen molar-refractivity contribution < 1.29 is 0 Å². The topological polar surface area (TPSA) is 48.5 Å². The van der Waals surface area contributed by atoms with Crippen molar-refractivity contribution in [3.8, 4) is 45.5 Å². The van der Waals surface area contributed by atoms with E-state index in [2.05, 4.69) is 185 Å². The fourth-order valence-electron chi connectivity index (χ4n) is 9.00. The molecular weight excluding hydrogens is 747 g/mol. The minimum absolute atomic E-state index is 0.634. The standard InChI is InChI=1S/C51H29N5S2/c1-2-14-34(15-3-1)55-40-29-33(26-27-35(40)46-37-17-10-23-44-47(37)56(51(46)55)39-19-7-9-21-42(39)58-44)49-52-48(32-25-24-30-12-4-5-13-31(30)28-32)53-50(54-49)38-18-11-22-43-45(38)36-16-6-8-20-41(36)57-43/h1-29H. The Kier molecular flexibility index (Phi) is 6.76. The summed E-state index contributed by atoms with van der Waals surface area (Å²) < 4.78 is 7.36. The summed E-state index contributed by atoms with van der Waals surface area (Å²) >= 11 is 3.65. The van der Waals surface area contributed by atoms with Gasteiger partial charge in [-0.05, 0) is 65.4 Å². The summed E-state index contributed by atoms with van der Waals surface area (Å²) in [6.07, 6.45) is 0. The number of hydrogen-bond donors (Lipinski definition) is 0. The average molecular weight is 776 g/mol. The van der Waals surface area contributed by atoms with Gasteiger partial charge in [0.05, 0.1) is 16.7 Å². The smallest absolute Gasteiger partial charge is 0.164 e. The Labute approximate surface area is 340 Å². The number of thiophene rings is 1. The first kappa shape index (κ1) is 32.1. The number of rotatable bonds is 4. The molecule has 7 heteroatoms. The lowest BCUT2D eigenvalue weighted by Crippen LogP contribution is -2.05. The van der Waals surface area contributed by atoms with Gasteiger partial charge >= 0.3 is 0 Å². The highest BCUT2D eigenvalue weighted by Crippen LogP contribution is 2.50. The molecule has 1 aliphatic heterocycles. The lowest BCUT2D eigenvalue weighted by atomic mass is 10.0. The van der Waals surface area contributed by atoms with E-state index in [1.807, 2.05) is 11.8 Å². The van der Waals surface area contributed by atoms with Gasteiger partial charge in [-0.15, -0.1) is 11.3 Å². The average Bonchev–Trinajstić information content (AvgIpc) is 3.95. The largest absolute Gasteiger partial charge is 0.295 e. The lowest BCUT2D eigenvalue weighted by Gasteiger charge is -2.21. The van der Waals surface area contributed by atoms with Crippen molar-refractivity contribution in [3.63, 3.8) is 0 Å². The minimum atomic E-state index is 0.634. The van der Waals surface area contributed by atoms with E-state index in [0.717, 1.165) is 38.9 Å². The summed E-state index contributed by atoms with van der Waals surface area (Å²) in [4.78, 5) is 18.4. The molecule has 0 atom stereocenters. The van der Waals surface area contributed by atoms with Crippen LogP contribution in [0.4, 0.5) is 0 Å². The van der Waals surface area contributed by atoms with Crippen molar-refractivity contribution in [2.75, 3.05) is 0 Å². The molecule has 0 amide bonds. The number of hydrogen-bond acceptors (Lipinski definition) is 5. The maximum absolute atomic E-state index is 5.35. The predicted molar refractivity (Wildman–Crippen MR) is 242 cm³/mol. The third-order valence-corrected chi connectivity index (χ3v) is 13.8. The summed E-state index contributed by atoms with van der Waals surface area (Å²) in [6, 6.07) is 62.9. The summed E-state index contributed by atoms with van der Waals surface area (Å²) in [5.41, 5.74) is 8.68. The molecule has 12 aromatic rings. The molecule has 0 saturated carbocycles. The molecule has 0 saturated heterocycles. The zero-order valence-electron chi connectivity index (χ0n) is 30.8. The van der Waals surface area contributed by atoms with Crippen LogP contribution in [0.5, 0.6) is 0 Å². The van der Waals surface area contributed by atoms with Crippen LogP contribution in [0.15, 0.2) is 186 Å². The Bertz CT molecular complexity index is 3670. The highest BCUT2D eigenvalue weighted by molar-refractivity contribution is 7.99. The molecule has 5 heterocycles. The SMILES string of the molecule is c1ccc(-n2c3cc(-c4nc(-c5ccc6ccccc6c5)nc(-c5cccc6sc7ccccc7c56)n4)ccc3c3c4cccc5c4n(c32)-c2ccccc2S5)cc1. The first-order chi connectivity index (χ1) is 28.7. The van der Waals surface area contributed by atoms with Gasteiger partial charge in [0.1, 0.15) is 5.65 Å². The van der Waals surface area contributed by atoms with E-state index in [1.54, 1.807) is 11.3 Å². The second-order valence-electron chi connectivity index (χ2n) is 14.8. The molecule has 5 nitrogen and oxygen atoms in total. The number of nitrogens with zero attached hydrogens (tertiary/aromatic N) is 5. The number of benzene rings is 8. The summed E-state index contributed by atoms with van der Waals surface area (Å²) in [5.74, 6) is 1.94. The third-order valence-electron chi connectivity index (χ3n) is 11.5. The molecule has 4 aromatic heterocycles. The number of fused-ring (bicyclic) bond motifs is 11. The van der Waals surface area contributed by atoms with Gasteiger partial charge < -0.3 is 0 Å². The number of para-hydroxylation sites is 3. The molecule has 58 heavy (non-hydrogen) atoms. The monoisotopic (exact) mass is 775 g/mol. The fourth-order valence-corrected chi connectivity index (χ4v) is 11.2. The molecule has 8 aromatic carbocycles. The first-order valence-corrected chi connectivity index (χ1v) is 21.0. The van der Waals surface area contributed by atoms with Gasteiger partial charge in [0.25, 0.3) is 0 Å². The van der Waals surface area contributed by atoms with Crippen LogP contribution in [0.25, 0.3) is 109 Å². The van der Waals surface area contributed by atoms with E-state index >= 15 is 0 Å². The van der Waals surface area contributed by atoms with Gasteiger partial charge in [-0.3, -0.25) is 9.13 Å². The predicted octanol–water partition coefficient (Wildman–Crippen LogP) is 13.9. The number of aromatic nitrogens is 5. The van der Waals surface area contributed by atoms with Crippen LogP contribution in [0.3, 0.4) is 0 Å². The lowest BCUT2D eigenvalue weighted by molar-refractivity contribution is 1.03. The summed E-state index contributed by atoms with van der Waals surface area (Å²) in [6.45, 7) is 0. The van der Waals surface area contributed by atoms with Crippen molar-refractivity contribution >= 4 is 86.9 Å². The van der Waals surface area contributed by atoms with Crippen molar-refractivity contribution in [2.45, 2.75) is 9.79 Å². The first-order valence-electron chi connectivity index (χ1n) is 19.4. The van der Waals surface area contributed by atoms with E-state index in [4.69, 9.17) is 15.0 Å². The second kappa shape index (κ2) is 12.2. The zero-order valence-corrected chi connectivity index (χ0v) is 32.4. The van der Waals surface area contributed by atoms with Crippen molar-refractivity contribution in [1.82, 2.24) is 24.1 Å². The zero-order chi connectivity index (χ0) is 37.9. The van der Waals surface area contributed by atoms with Crippen LogP contribution >= 0.6 is 23.1 Å². The van der Waals surface area contributed by atoms with Crippen molar-refractivity contribution in [2.24, 2.45) is 0 Å². The second-order valence-corrected chi connectivity index (χ2v) is 17.0. The third kappa shape index (κ3) is 4.63. The maximum atomic E-state index is 5.35. The highest BCUT2D eigenvalue weighted by atomic mass is 32.2. The fraction of sp³-hybridized carbons (Fsp3) is 0. The van der Waals surface area contributed by atoms with Crippen LogP contribution in [0.2, 0.25) is 0 Å². The van der Waals surface area contributed by atoms with Gasteiger partial charge in [0.2, 0.25) is 0 Å². The van der Waals surface area contributed by atoms with E-state index in [9.17, 15) is 0 Å². The molecular formula is C51H29N5S2. The Morgan fingerprint density at radius 2 is 1.12 bits per heavy atom. The Hall–Kier alpha value is -7.06. The van der Waals surface area contributed by atoms with Crippen LogP contribution < -0.4 is 0 Å². The molecule has 0 unspecified atom stereocenters. The van der Waals surface area contributed by atoms with Gasteiger partial charge in [0.15, 0.2) is 17.5 Å². The maximum Gasteiger partial charge on any atom is 0.164 e. The van der Waals surface area contributed by atoms with E-state index in [0.29, 0.717) is 17.5 Å². The molecule has 1 aliphatic rings. The molecule has 270 valence electrons. The van der Waals surface area contributed by atoms with Crippen LogP contribution in [0.1, 0.15) is 0 Å². The van der Waals surface area contributed by atoms with Crippen molar-refractivity contribution in [1.29, 1.82) is 0 Å². The molecule has 0 bridgehead atoms. The van der Waals surface area contributed by atoms with Gasteiger partial charge in [0, 0.05) is 68.5 Å². The summed E-state index contributed by atoms with van der Waals surface area (Å²) in [7, 11) is 0. The van der Waals surface area contributed by atoms with Crippen LogP contribution in [-0.2, 0) is 0 Å². The minimum Gasteiger partial charge on any atom is -0.295 e. The molecule has 0 aliphatic carbocycles. The van der Waals surface area contributed by atoms with E-state index in [1.165, 1.54) is 62.7 Å². The van der Waals surface area contributed by atoms with Gasteiger partial charge in [-0.2, -0.15) is 0 Å². The normalized spacial score (nSPS) is 12.4. The Balaban J connectivity index is 1.11. The Morgan fingerprint density at radius 3 is 2.03 bits per heavy atom. The quantitative estimate of drug-likeness (QED) is 0.179. The van der Waals surface area contributed by atoms with E-state index < -0.39 is 0 Å². The van der Waals surface area contributed by atoms with Crippen LogP contribution in [0, 0.1) is 0 Å². The Morgan fingerprint density at radius 1 is 0.431 bits per heavy atom. The van der Waals surface area contributed by atoms with Gasteiger partial charge in [-0.1, -0.05) is 133 Å². The molecule has 0 radical (unpaired) electrons. The van der Waals surface area contributed by atoms with Crippen molar-refractivity contribution in [3.05, 3.63) is 176 Å². The van der Waals surface area contributed by atoms with E-state index in [-0.39, 0.29) is 0 Å². The highest BCUT2D eigenvalue weighted by Gasteiger charge is 2.28. The van der Waals surface area contributed by atoms with Crippen LogP contribution in [-0.4, -0.2) is 24.1 Å². The molecule has 0 fully saturated rings.